The van der Waals surface area contributed by atoms with Gasteiger partial charge >= 0.3 is 0 Å². The van der Waals surface area contributed by atoms with Gasteiger partial charge in [0.25, 0.3) is 0 Å². The number of halogens is 2. The second-order valence-corrected chi connectivity index (χ2v) is 5.33. The molecule has 0 heterocycles. The molecule has 94 valence electrons. The molecule has 4 heteroatoms. The number of Topliss-reactive ketones (excluding diaryl/α,β-unsaturated/α-hetero) is 1. The molecular formula is C13H17Cl2NO. The lowest BCUT2D eigenvalue weighted by molar-refractivity contribution is -0.123. The van der Waals surface area contributed by atoms with Gasteiger partial charge in [0.15, 0.2) is 5.78 Å². The second-order valence-electron chi connectivity index (χ2n) is 4.52. The van der Waals surface area contributed by atoms with Gasteiger partial charge in [0.05, 0.1) is 15.6 Å². The Kier molecular flexibility index (Phi) is 4.99. The van der Waals surface area contributed by atoms with Gasteiger partial charge in [-0.25, -0.2) is 0 Å². The summed E-state index contributed by atoms with van der Waals surface area (Å²) in [6.07, 6.45) is 1.87. The van der Waals surface area contributed by atoms with Crippen LogP contribution in [0.4, 0.5) is 0 Å². The van der Waals surface area contributed by atoms with Crippen molar-refractivity contribution in [2.75, 3.05) is 0 Å². The molecule has 17 heavy (non-hydrogen) atoms. The van der Waals surface area contributed by atoms with Crippen molar-refractivity contribution in [1.29, 1.82) is 0 Å². The van der Waals surface area contributed by atoms with Crippen molar-refractivity contribution < 1.29 is 4.79 Å². The highest BCUT2D eigenvalue weighted by Gasteiger charge is 2.26. The summed E-state index contributed by atoms with van der Waals surface area (Å²) in [6, 6.07) is 5.21. The molecule has 2 nitrogen and oxygen atoms in total. The maximum atomic E-state index is 12.0. The van der Waals surface area contributed by atoms with Gasteiger partial charge in [0.1, 0.15) is 0 Å². The van der Waals surface area contributed by atoms with Crippen LogP contribution in [-0.4, -0.2) is 11.3 Å². The fraction of sp³-hybridized carbons (Fsp3) is 0.462. The second kappa shape index (κ2) is 5.85. The smallest absolute Gasteiger partial charge is 0.156 e. The highest BCUT2D eigenvalue weighted by Crippen LogP contribution is 2.23. The normalized spacial score (nSPS) is 14.4. The van der Waals surface area contributed by atoms with Crippen molar-refractivity contribution >= 4 is 29.0 Å². The van der Waals surface area contributed by atoms with E-state index in [4.69, 9.17) is 28.9 Å². The molecule has 0 saturated heterocycles. The van der Waals surface area contributed by atoms with Gasteiger partial charge in [0.2, 0.25) is 0 Å². The molecule has 1 aromatic rings. The lowest BCUT2D eigenvalue weighted by Gasteiger charge is -2.22. The van der Waals surface area contributed by atoms with Crippen LogP contribution in [0.25, 0.3) is 0 Å². The van der Waals surface area contributed by atoms with Crippen LogP contribution in [-0.2, 0) is 11.2 Å². The minimum absolute atomic E-state index is 0.0257. The van der Waals surface area contributed by atoms with E-state index in [0.717, 1.165) is 12.0 Å². The molecule has 1 atom stereocenters. The largest absolute Gasteiger partial charge is 0.319 e. The van der Waals surface area contributed by atoms with Gasteiger partial charge in [0, 0.05) is 6.42 Å². The molecule has 0 bridgehead atoms. The summed E-state index contributed by atoms with van der Waals surface area (Å²) in [5.41, 5.74) is 6.06. The third-order valence-electron chi connectivity index (χ3n) is 2.76. The molecule has 0 aliphatic carbocycles. The van der Waals surface area contributed by atoms with Crippen molar-refractivity contribution in [3.05, 3.63) is 33.8 Å². The van der Waals surface area contributed by atoms with Crippen molar-refractivity contribution in [2.45, 2.75) is 38.6 Å². The van der Waals surface area contributed by atoms with E-state index < -0.39 is 5.54 Å². The molecular weight excluding hydrogens is 257 g/mol. The van der Waals surface area contributed by atoms with E-state index in [0.29, 0.717) is 22.9 Å². The Morgan fingerprint density at radius 3 is 2.53 bits per heavy atom. The number of nitrogens with two attached hydrogens (primary N) is 1. The maximum absolute atomic E-state index is 12.0. The van der Waals surface area contributed by atoms with Crippen molar-refractivity contribution in [3.8, 4) is 0 Å². The van der Waals surface area contributed by atoms with Crippen molar-refractivity contribution in [2.24, 2.45) is 5.73 Å². The van der Waals surface area contributed by atoms with E-state index >= 15 is 0 Å². The first-order valence-corrected chi connectivity index (χ1v) is 6.38. The predicted molar refractivity (Wildman–Crippen MR) is 72.7 cm³/mol. The number of carbonyl (C=O) groups excluding carboxylic acids is 1. The molecule has 2 N–H and O–H groups in total. The van der Waals surface area contributed by atoms with Crippen molar-refractivity contribution in [3.63, 3.8) is 0 Å². The van der Waals surface area contributed by atoms with Gasteiger partial charge in [-0.15, -0.1) is 0 Å². The Balaban J connectivity index is 2.77. The quantitative estimate of drug-likeness (QED) is 0.891. The third kappa shape index (κ3) is 3.98. The average Bonchev–Trinajstić information content (AvgIpc) is 2.23. The molecule has 1 unspecified atom stereocenters. The minimum Gasteiger partial charge on any atom is -0.319 e. The van der Waals surface area contributed by atoms with Gasteiger partial charge < -0.3 is 5.73 Å². The molecule has 0 aliphatic rings. The first-order chi connectivity index (χ1) is 7.86. The molecule has 0 fully saturated rings. The van der Waals surface area contributed by atoms with Gasteiger partial charge in [-0.3, -0.25) is 4.79 Å². The summed E-state index contributed by atoms with van der Waals surface area (Å²) in [6.45, 7) is 3.79. The minimum atomic E-state index is -0.763. The zero-order valence-corrected chi connectivity index (χ0v) is 11.6. The van der Waals surface area contributed by atoms with Crippen LogP contribution in [0.15, 0.2) is 18.2 Å². The molecule has 0 radical (unpaired) electrons. The number of benzene rings is 1. The van der Waals surface area contributed by atoms with E-state index in [1.807, 2.05) is 6.92 Å². The lowest BCUT2D eigenvalue weighted by atomic mass is 9.89. The van der Waals surface area contributed by atoms with Crippen LogP contribution in [0.3, 0.4) is 0 Å². The SMILES string of the molecule is CCCC(C)(N)C(=O)Cc1ccc(Cl)c(Cl)c1. The summed E-state index contributed by atoms with van der Waals surface area (Å²) in [4.78, 5) is 12.0. The molecule has 0 aromatic heterocycles. The van der Waals surface area contributed by atoms with E-state index in [2.05, 4.69) is 0 Å². The maximum Gasteiger partial charge on any atom is 0.156 e. The summed E-state index contributed by atoms with van der Waals surface area (Å²) >= 11 is 11.7. The van der Waals surface area contributed by atoms with Crippen LogP contribution in [0, 0.1) is 0 Å². The molecule has 1 aromatic carbocycles. The first kappa shape index (κ1) is 14.5. The average molecular weight is 274 g/mol. The summed E-state index contributed by atoms with van der Waals surface area (Å²) < 4.78 is 0. The van der Waals surface area contributed by atoms with Gasteiger partial charge in [-0.05, 0) is 31.0 Å². The van der Waals surface area contributed by atoms with E-state index in [1.165, 1.54) is 0 Å². The number of rotatable bonds is 5. The van der Waals surface area contributed by atoms with Gasteiger partial charge in [-0.2, -0.15) is 0 Å². The Morgan fingerprint density at radius 1 is 1.35 bits per heavy atom. The Hall–Kier alpha value is -0.570. The van der Waals surface area contributed by atoms with Gasteiger partial charge in [-0.1, -0.05) is 42.6 Å². The summed E-state index contributed by atoms with van der Waals surface area (Å²) in [5.74, 6) is 0.0257. The van der Waals surface area contributed by atoms with Crippen LogP contribution < -0.4 is 5.73 Å². The topological polar surface area (TPSA) is 43.1 Å². The molecule has 0 amide bonds. The Labute approximate surface area is 112 Å². The first-order valence-electron chi connectivity index (χ1n) is 5.63. The third-order valence-corrected chi connectivity index (χ3v) is 3.49. The molecule has 0 spiro atoms. The van der Waals surface area contributed by atoms with Crippen molar-refractivity contribution in [1.82, 2.24) is 0 Å². The van der Waals surface area contributed by atoms with Crippen LogP contribution in [0.2, 0.25) is 10.0 Å². The van der Waals surface area contributed by atoms with E-state index in [1.54, 1.807) is 25.1 Å². The Bertz CT molecular complexity index is 416. The predicted octanol–water partition coefficient (Wildman–Crippen LogP) is 3.62. The van der Waals surface area contributed by atoms with E-state index in [-0.39, 0.29) is 5.78 Å². The molecule has 0 saturated carbocycles. The fourth-order valence-corrected chi connectivity index (χ4v) is 2.02. The van der Waals surface area contributed by atoms with Crippen LogP contribution in [0.1, 0.15) is 32.3 Å². The van der Waals surface area contributed by atoms with Crippen LogP contribution in [0.5, 0.6) is 0 Å². The number of ketones is 1. The zero-order chi connectivity index (χ0) is 13.1. The zero-order valence-electron chi connectivity index (χ0n) is 10.1. The monoisotopic (exact) mass is 273 g/mol. The fourth-order valence-electron chi connectivity index (χ4n) is 1.70. The summed E-state index contributed by atoms with van der Waals surface area (Å²) in [7, 11) is 0. The lowest BCUT2D eigenvalue weighted by Crippen LogP contribution is -2.45. The number of carbonyl (C=O) groups is 1. The summed E-state index contributed by atoms with van der Waals surface area (Å²) in [5, 5.41) is 0.957. The molecule has 1 rings (SSSR count). The number of hydrogen-bond acceptors (Lipinski definition) is 2. The highest BCUT2D eigenvalue weighted by atomic mass is 35.5. The number of hydrogen-bond donors (Lipinski definition) is 1. The highest BCUT2D eigenvalue weighted by molar-refractivity contribution is 6.42. The van der Waals surface area contributed by atoms with E-state index in [9.17, 15) is 4.79 Å². The van der Waals surface area contributed by atoms with Crippen LogP contribution >= 0.6 is 23.2 Å². The Morgan fingerprint density at radius 2 is 2.00 bits per heavy atom. The molecule has 0 aliphatic heterocycles. The standard InChI is InChI=1S/C13H17Cl2NO/c1-3-6-13(2,16)12(17)8-9-4-5-10(14)11(15)7-9/h4-5,7H,3,6,8,16H2,1-2H3.